The van der Waals surface area contributed by atoms with Gasteiger partial charge in [-0.15, -0.1) is 0 Å². The van der Waals surface area contributed by atoms with Crippen molar-refractivity contribution in [3.8, 4) is 6.07 Å². The highest BCUT2D eigenvalue weighted by molar-refractivity contribution is 6.09. The van der Waals surface area contributed by atoms with E-state index in [4.69, 9.17) is 10.4 Å². The van der Waals surface area contributed by atoms with Crippen molar-refractivity contribution < 1.29 is 32.3 Å². The third-order valence-corrected chi connectivity index (χ3v) is 2.89. The molecule has 1 rings (SSSR count). The molecule has 0 aliphatic rings. The van der Waals surface area contributed by atoms with Crippen LogP contribution in [0.5, 0.6) is 0 Å². The molecule has 8 heteroatoms. The molecule has 0 amide bonds. The molecule has 0 aliphatic heterocycles. The predicted molar refractivity (Wildman–Crippen MR) is 61.1 cm³/mol. The Kier molecular flexibility index (Phi) is 4.37. The third kappa shape index (κ3) is 2.86. The fourth-order valence-corrected chi connectivity index (χ4v) is 1.72. The molecule has 0 fully saturated rings. The van der Waals surface area contributed by atoms with Crippen LogP contribution in [0.3, 0.4) is 0 Å². The summed E-state index contributed by atoms with van der Waals surface area (Å²) in [6.45, 7) is 2.19. The summed E-state index contributed by atoms with van der Waals surface area (Å²) >= 11 is 0. The molecule has 0 aliphatic carbocycles. The van der Waals surface area contributed by atoms with Gasteiger partial charge < -0.3 is 5.11 Å². The number of carbonyl (C=O) groups excluding carboxylic acids is 1. The largest absolute Gasteiger partial charge is 0.481 e. The molecule has 0 saturated heterocycles. The number of hydrogen-bond donors (Lipinski definition) is 1. The van der Waals surface area contributed by atoms with E-state index in [0.29, 0.717) is 0 Å². The lowest BCUT2D eigenvalue weighted by Crippen LogP contribution is -2.37. The van der Waals surface area contributed by atoms with Gasteiger partial charge in [0.2, 0.25) is 0 Å². The Labute approximate surface area is 116 Å². The van der Waals surface area contributed by atoms with E-state index in [1.165, 1.54) is 0 Å². The van der Waals surface area contributed by atoms with Crippen LogP contribution in [0.1, 0.15) is 24.2 Å². The van der Waals surface area contributed by atoms with Gasteiger partial charge in [0.25, 0.3) is 0 Å². The Morgan fingerprint density at radius 2 is 1.71 bits per heavy atom. The maximum absolute atomic E-state index is 13.5. The van der Waals surface area contributed by atoms with Crippen molar-refractivity contribution in [3.63, 3.8) is 0 Å². The van der Waals surface area contributed by atoms with Gasteiger partial charge in [-0.2, -0.15) is 5.26 Å². The van der Waals surface area contributed by atoms with E-state index < -0.39 is 51.9 Å². The summed E-state index contributed by atoms with van der Waals surface area (Å²) in [4.78, 5) is 23.1. The maximum Gasteiger partial charge on any atom is 0.316 e. The quantitative estimate of drug-likeness (QED) is 0.305. The van der Waals surface area contributed by atoms with Gasteiger partial charge in [0.15, 0.2) is 29.1 Å². The Bertz CT molecular complexity index is 664. The molecular formula is C13H9F4NO3. The van der Waals surface area contributed by atoms with Crippen molar-refractivity contribution >= 4 is 11.8 Å². The zero-order valence-electron chi connectivity index (χ0n) is 10.9. The van der Waals surface area contributed by atoms with E-state index in [0.717, 1.165) is 13.8 Å². The molecule has 0 bridgehead atoms. The average molecular weight is 303 g/mol. The van der Waals surface area contributed by atoms with Crippen LogP contribution in [0.15, 0.2) is 6.07 Å². The highest BCUT2D eigenvalue weighted by atomic mass is 19.2. The molecule has 1 aromatic carbocycles. The highest BCUT2D eigenvalue weighted by Crippen LogP contribution is 2.31. The van der Waals surface area contributed by atoms with E-state index in [1.54, 1.807) is 6.07 Å². The normalized spacial score (nSPS) is 12.6. The number of carboxylic acids is 1. The van der Waals surface area contributed by atoms with E-state index in [1.807, 2.05) is 0 Å². The molecule has 0 radical (unpaired) electrons. The van der Waals surface area contributed by atoms with Crippen molar-refractivity contribution in [2.24, 2.45) is 11.3 Å². The fraction of sp³-hybridized carbons (Fsp3) is 0.308. The summed E-state index contributed by atoms with van der Waals surface area (Å²) < 4.78 is 52.5. The molecule has 0 spiro atoms. The summed E-state index contributed by atoms with van der Waals surface area (Å²) in [5.74, 6) is -13.5. The average Bonchev–Trinajstić information content (AvgIpc) is 2.39. The van der Waals surface area contributed by atoms with Crippen LogP contribution >= 0.6 is 0 Å². The standard InChI is InChI=1S/C13H9F4NO3/c1-13(2,4-18)7(12(20)21)11(19)5-3-6(14)9(16)10(17)8(5)15/h3,7H,1-2H3,(H,20,21). The molecule has 1 atom stereocenters. The number of hydrogen-bond acceptors (Lipinski definition) is 3. The number of nitriles is 1. The minimum atomic E-state index is -2.22. The van der Waals surface area contributed by atoms with Crippen LogP contribution < -0.4 is 0 Å². The minimum Gasteiger partial charge on any atom is -0.481 e. The Balaban J connectivity index is 3.50. The van der Waals surface area contributed by atoms with Gasteiger partial charge in [-0.1, -0.05) is 0 Å². The number of benzene rings is 1. The molecule has 0 saturated carbocycles. The predicted octanol–water partition coefficient (Wildman–Crippen LogP) is 2.68. The van der Waals surface area contributed by atoms with Crippen molar-refractivity contribution in [2.75, 3.05) is 0 Å². The lowest BCUT2D eigenvalue weighted by molar-refractivity contribution is -0.142. The number of carbonyl (C=O) groups is 2. The van der Waals surface area contributed by atoms with Gasteiger partial charge in [0.1, 0.15) is 5.92 Å². The first kappa shape index (κ1) is 16.6. The van der Waals surface area contributed by atoms with Gasteiger partial charge in [-0.25, -0.2) is 17.6 Å². The van der Waals surface area contributed by atoms with Crippen molar-refractivity contribution in [1.82, 2.24) is 0 Å². The van der Waals surface area contributed by atoms with E-state index in [9.17, 15) is 27.2 Å². The van der Waals surface area contributed by atoms with Gasteiger partial charge >= 0.3 is 5.97 Å². The second kappa shape index (κ2) is 5.52. The topological polar surface area (TPSA) is 78.2 Å². The molecule has 1 N–H and O–H groups in total. The Morgan fingerprint density at radius 1 is 1.19 bits per heavy atom. The highest BCUT2D eigenvalue weighted by Gasteiger charge is 2.43. The first-order valence-corrected chi connectivity index (χ1v) is 5.55. The molecule has 1 unspecified atom stereocenters. The summed E-state index contributed by atoms with van der Waals surface area (Å²) in [6.07, 6.45) is 0. The van der Waals surface area contributed by atoms with Crippen LogP contribution in [0.25, 0.3) is 0 Å². The summed E-state index contributed by atoms with van der Waals surface area (Å²) in [7, 11) is 0. The number of rotatable bonds is 4. The molecule has 1 aromatic rings. The van der Waals surface area contributed by atoms with E-state index >= 15 is 0 Å². The maximum atomic E-state index is 13.5. The van der Waals surface area contributed by atoms with Crippen LogP contribution in [-0.4, -0.2) is 16.9 Å². The number of nitrogens with zero attached hydrogens (tertiary/aromatic N) is 1. The molecule has 0 heterocycles. The van der Waals surface area contributed by atoms with E-state index in [-0.39, 0.29) is 6.07 Å². The lowest BCUT2D eigenvalue weighted by atomic mass is 9.76. The molecular weight excluding hydrogens is 294 g/mol. The first-order chi connectivity index (χ1) is 9.54. The Hall–Kier alpha value is -2.43. The van der Waals surface area contributed by atoms with Crippen LogP contribution in [-0.2, 0) is 4.79 Å². The van der Waals surface area contributed by atoms with Crippen molar-refractivity contribution in [1.29, 1.82) is 5.26 Å². The van der Waals surface area contributed by atoms with Gasteiger partial charge in [0.05, 0.1) is 17.0 Å². The summed E-state index contributed by atoms with van der Waals surface area (Å²) in [6, 6.07) is 1.62. The van der Waals surface area contributed by atoms with Gasteiger partial charge in [0, 0.05) is 0 Å². The summed E-state index contributed by atoms with van der Waals surface area (Å²) in [5.41, 5.74) is -3.03. The second-order valence-corrected chi connectivity index (χ2v) is 4.82. The second-order valence-electron chi connectivity index (χ2n) is 4.82. The number of ketones is 1. The molecule has 21 heavy (non-hydrogen) atoms. The Morgan fingerprint density at radius 3 is 2.14 bits per heavy atom. The molecule has 4 nitrogen and oxygen atoms in total. The SMILES string of the molecule is CC(C)(C#N)C(C(=O)O)C(=O)c1cc(F)c(F)c(F)c1F. The van der Waals surface area contributed by atoms with Crippen molar-refractivity contribution in [2.45, 2.75) is 13.8 Å². The first-order valence-electron chi connectivity index (χ1n) is 5.55. The molecule has 0 aromatic heterocycles. The van der Waals surface area contributed by atoms with E-state index in [2.05, 4.69) is 0 Å². The lowest BCUT2D eigenvalue weighted by Gasteiger charge is -2.23. The fourth-order valence-electron chi connectivity index (χ4n) is 1.72. The zero-order chi connectivity index (χ0) is 16.5. The smallest absolute Gasteiger partial charge is 0.316 e. The zero-order valence-corrected chi connectivity index (χ0v) is 10.9. The number of halogens is 4. The number of carboxylic acid groups (broad SMARTS) is 1. The minimum absolute atomic E-state index is 0.0689. The van der Waals surface area contributed by atoms with Crippen LogP contribution in [0.2, 0.25) is 0 Å². The van der Waals surface area contributed by atoms with Crippen LogP contribution in [0, 0.1) is 45.9 Å². The monoisotopic (exact) mass is 303 g/mol. The third-order valence-electron chi connectivity index (χ3n) is 2.89. The van der Waals surface area contributed by atoms with Crippen molar-refractivity contribution in [3.05, 3.63) is 34.9 Å². The summed E-state index contributed by atoms with van der Waals surface area (Å²) in [5, 5.41) is 17.9. The number of Topliss-reactive ketones (excluding diaryl/α,β-unsaturated/α-hetero) is 1. The van der Waals surface area contributed by atoms with Crippen LogP contribution in [0.4, 0.5) is 17.6 Å². The van der Waals surface area contributed by atoms with Gasteiger partial charge in [-0.3, -0.25) is 9.59 Å². The van der Waals surface area contributed by atoms with Gasteiger partial charge in [-0.05, 0) is 19.9 Å². The number of aliphatic carboxylic acids is 1. The molecule has 112 valence electrons.